The third kappa shape index (κ3) is 11.5. The van der Waals surface area contributed by atoms with Crippen LogP contribution in [-0.4, -0.2) is 52.7 Å². The number of benzene rings is 1. The summed E-state index contributed by atoms with van der Waals surface area (Å²) in [5.41, 5.74) is 1.60. The fourth-order valence-corrected chi connectivity index (χ4v) is 3.08. The second-order valence-electron chi connectivity index (χ2n) is 7.16. The van der Waals surface area contributed by atoms with Gasteiger partial charge in [0.2, 0.25) is 5.91 Å². The van der Waals surface area contributed by atoms with Crippen molar-refractivity contribution in [3.05, 3.63) is 53.7 Å². The van der Waals surface area contributed by atoms with Crippen molar-refractivity contribution in [3.63, 3.8) is 0 Å². The summed E-state index contributed by atoms with van der Waals surface area (Å²) in [6, 6.07) is 11.0. The summed E-state index contributed by atoms with van der Waals surface area (Å²) in [5.74, 6) is 0.0800. The molecule has 0 saturated heterocycles. The van der Waals surface area contributed by atoms with Crippen molar-refractivity contribution in [2.75, 3.05) is 25.0 Å². The molecule has 3 rings (SSSR count). The first-order valence-electron chi connectivity index (χ1n) is 11.1. The van der Waals surface area contributed by atoms with Crippen molar-refractivity contribution in [1.82, 2.24) is 9.88 Å². The summed E-state index contributed by atoms with van der Waals surface area (Å²) in [4.78, 5) is 26.0. The molecule has 34 heavy (non-hydrogen) atoms. The predicted octanol–water partition coefficient (Wildman–Crippen LogP) is 4.92. The number of nitrogens with one attached hydrogen (secondary N) is 1. The Kier molecular flexibility index (Phi) is 12.5. The summed E-state index contributed by atoms with van der Waals surface area (Å²) in [5, 5.41) is 10.6. The third-order valence-electron chi connectivity index (χ3n) is 4.43. The molecule has 0 bridgehead atoms. The molecule has 1 aliphatic heterocycles. The highest BCUT2D eigenvalue weighted by Crippen LogP contribution is 2.26. The van der Waals surface area contributed by atoms with Crippen LogP contribution in [-0.2, 0) is 22.6 Å². The first kappa shape index (κ1) is 28.7. The molecule has 0 unspecified atom stereocenters. The van der Waals surface area contributed by atoms with Gasteiger partial charge in [0.05, 0.1) is 6.61 Å². The van der Waals surface area contributed by atoms with E-state index in [0.717, 1.165) is 29.6 Å². The Hall–Kier alpha value is -3.30. The number of aliphatic carboxylic acids is 1. The quantitative estimate of drug-likeness (QED) is 0.544. The molecule has 0 spiro atoms. The van der Waals surface area contributed by atoms with Gasteiger partial charge in [-0.15, -0.1) is 0 Å². The minimum Gasteiger partial charge on any atom is -0.494 e. The Morgan fingerprint density at radius 2 is 1.88 bits per heavy atom. The van der Waals surface area contributed by atoms with Crippen molar-refractivity contribution >= 4 is 17.7 Å². The lowest BCUT2D eigenvalue weighted by atomic mass is 10.0. The molecule has 1 amide bonds. The summed E-state index contributed by atoms with van der Waals surface area (Å²) < 4.78 is 43.9. The van der Waals surface area contributed by atoms with Crippen LogP contribution in [0, 0.1) is 0 Å². The number of halogens is 3. The highest BCUT2D eigenvalue weighted by atomic mass is 19.4. The number of amides is 1. The molecular weight excluding hydrogens is 451 g/mol. The number of carbonyl (C=O) groups is 2. The number of hydrogen-bond acceptors (Lipinski definition) is 5. The minimum atomic E-state index is -4.41. The van der Waals surface area contributed by atoms with Crippen LogP contribution in [0.15, 0.2) is 42.6 Å². The Morgan fingerprint density at radius 1 is 1.18 bits per heavy atom. The van der Waals surface area contributed by atoms with Crippen LogP contribution in [0.25, 0.3) is 0 Å². The van der Waals surface area contributed by atoms with Crippen molar-refractivity contribution in [1.29, 1.82) is 0 Å². The lowest BCUT2D eigenvalue weighted by Crippen LogP contribution is -2.37. The van der Waals surface area contributed by atoms with E-state index in [2.05, 4.69) is 10.3 Å². The number of pyridine rings is 1. The molecule has 0 fully saturated rings. The number of ether oxygens (including phenoxy) is 1. The van der Waals surface area contributed by atoms with Gasteiger partial charge in [0, 0.05) is 32.6 Å². The standard InChI is InChI=1S/C20H22F3N3O2.C2H4O2.C2H6/c21-20(22,23)14-26-13-16-12-17(7-5-15(16)6-8-19(26)27)28-11-3-10-25-18-4-1-2-9-24-18;1-2(3)4;1-2/h1-2,4-5,7,9,12H,3,6,8,10-11,13-14H2,(H,24,25);1H3,(H,3,4);1-2H3. The summed E-state index contributed by atoms with van der Waals surface area (Å²) in [6.07, 6.45) is -1.43. The average Bonchev–Trinajstić information content (AvgIpc) is 2.92. The molecule has 7 nitrogen and oxygen atoms in total. The minimum absolute atomic E-state index is 0.0495. The third-order valence-corrected chi connectivity index (χ3v) is 4.43. The van der Waals surface area contributed by atoms with Crippen LogP contribution in [0.3, 0.4) is 0 Å². The molecular formula is C24H32F3N3O4. The van der Waals surface area contributed by atoms with E-state index in [1.54, 1.807) is 18.3 Å². The Morgan fingerprint density at radius 3 is 2.50 bits per heavy atom. The van der Waals surface area contributed by atoms with Gasteiger partial charge in [-0.1, -0.05) is 26.0 Å². The topological polar surface area (TPSA) is 91.8 Å². The van der Waals surface area contributed by atoms with Gasteiger partial charge >= 0.3 is 6.18 Å². The van der Waals surface area contributed by atoms with Crippen molar-refractivity contribution in [3.8, 4) is 5.75 Å². The number of fused-ring (bicyclic) bond motifs is 1. The van der Waals surface area contributed by atoms with Gasteiger partial charge in [0.15, 0.2) is 0 Å². The maximum absolute atomic E-state index is 12.7. The summed E-state index contributed by atoms with van der Waals surface area (Å²) >= 11 is 0. The van der Waals surface area contributed by atoms with Crippen molar-refractivity contribution < 1.29 is 32.6 Å². The molecule has 0 radical (unpaired) electrons. The molecule has 1 aromatic carbocycles. The average molecular weight is 484 g/mol. The smallest absolute Gasteiger partial charge is 0.406 e. The number of carboxylic acids is 1. The number of alkyl halides is 3. The van der Waals surface area contributed by atoms with Crippen molar-refractivity contribution in [2.24, 2.45) is 0 Å². The number of rotatable bonds is 7. The van der Waals surface area contributed by atoms with Gasteiger partial charge in [-0.25, -0.2) is 4.98 Å². The largest absolute Gasteiger partial charge is 0.494 e. The van der Waals surface area contributed by atoms with Crippen LogP contribution in [0.1, 0.15) is 44.7 Å². The lowest BCUT2D eigenvalue weighted by molar-refractivity contribution is -0.162. The molecule has 1 aliphatic rings. The Balaban J connectivity index is 0.000000872. The van der Waals surface area contributed by atoms with E-state index in [4.69, 9.17) is 14.6 Å². The highest BCUT2D eigenvalue weighted by molar-refractivity contribution is 5.77. The molecule has 1 aromatic heterocycles. The fourth-order valence-electron chi connectivity index (χ4n) is 3.08. The molecule has 2 heterocycles. The Bertz CT molecular complexity index is 889. The van der Waals surface area contributed by atoms with Crippen LogP contribution in [0.5, 0.6) is 5.75 Å². The molecule has 2 aromatic rings. The Labute approximate surface area is 197 Å². The van der Waals surface area contributed by atoms with Crippen LogP contribution < -0.4 is 10.1 Å². The number of aromatic nitrogens is 1. The van der Waals surface area contributed by atoms with E-state index in [9.17, 15) is 18.0 Å². The molecule has 2 N–H and O–H groups in total. The van der Waals surface area contributed by atoms with E-state index in [-0.39, 0.29) is 13.0 Å². The number of carboxylic acid groups (broad SMARTS) is 1. The number of aryl methyl sites for hydroxylation is 1. The van der Waals surface area contributed by atoms with E-state index in [1.807, 2.05) is 38.1 Å². The maximum atomic E-state index is 12.7. The van der Waals surface area contributed by atoms with Crippen LogP contribution in [0.4, 0.5) is 19.0 Å². The van der Waals surface area contributed by atoms with Crippen LogP contribution >= 0.6 is 0 Å². The normalized spacial score (nSPS) is 12.8. The molecule has 10 heteroatoms. The van der Waals surface area contributed by atoms with Gasteiger partial charge in [-0.05, 0) is 48.2 Å². The highest BCUT2D eigenvalue weighted by Gasteiger charge is 2.34. The predicted molar refractivity (Wildman–Crippen MR) is 124 cm³/mol. The maximum Gasteiger partial charge on any atom is 0.406 e. The molecule has 188 valence electrons. The van der Waals surface area contributed by atoms with Gasteiger partial charge in [-0.2, -0.15) is 13.2 Å². The van der Waals surface area contributed by atoms with Gasteiger partial charge < -0.3 is 20.1 Å². The number of hydrogen-bond donors (Lipinski definition) is 2. The zero-order valence-electron chi connectivity index (χ0n) is 19.7. The monoisotopic (exact) mass is 483 g/mol. The zero-order chi connectivity index (χ0) is 25.6. The summed E-state index contributed by atoms with van der Waals surface area (Å²) in [6.45, 7) is 4.96. The first-order chi connectivity index (χ1) is 16.1. The fraction of sp³-hybridized carbons (Fsp3) is 0.458. The molecule has 0 atom stereocenters. The first-order valence-corrected chi connectivity index (χ1v) is 11.1. The zero-order valence-corrected chi connectivity index (χ0v) is 19.7. The van der Waals surface area contributed by atoms with Gasteiger partial charge in [0.1, 0.15) is 18.1 Å². The van der Waals surface area contributed by atoms with E-state index in [1.165, 1.54) is 0 Å². The van der Waals surface area contributed by atoms with Crippen LogP contribution in [0.2, 0.25) is 0 Å². The molecule has 0 saturated carbocycles. The number of nitrogens with zero attached hydrogens (tertiary/aromatic N) is 2. The number of carbonyl (C=O) groups excluding carboxylic acids is 1. The van der Waals surface area contributed by atoms with Crippen molar-refractivity contribution in [2.45, 2.75) is 52.8 Å². The van der Waals surface area contributed by atoms with Gasteiger partial charge in [-0.3, -0.25) is 9.59 Å². The second kappa shape index (κ2) is 14.8. The number of anilines is 1. The van der Waals surface area contributed by atoms with E-state index < -0.39 is 24.6 Å². The SMILES string of the molecule is CC.CC(=O)O.O=C1CCc2ccc(OCCCNc3ccccn3)cc2CN1CC(F)(F)F. The van der Waals surface area contributed by atoms with E-state index in [0.29, 0.717) is 30.9 Å². The summed E-state index contributed by atoms with van der Waals surface area (Å²) in [7, 11) is 0. The molecule has 0 aliphatic carbocycles. The lowest BCUT2D eigenvalue weighted by Gasteiger charge is -2.22. The second-order valence-corrected chi connectivity index (χ2v) is 7.16. The van der Waals surface area contributed by atoms with E-state index >= 15 is 0 Å². The van der Waals surface area contributed by atoms with Gasteiger partial charge in [0.25, 0.3) is 5.97 Å².